The lowest BCUT2D eigenvalue weighted by Crippen LogP contribution is -2.37. The predicted molar refractivity (Wildman–Crippen MR) is 89.5 cm³/mol. The Balaban J connectivity index is 2.22. The Morgan fingerprint density at radius 1 is 1.27 bits per heavy atom. The fourth-order valence-corrected chi connectivity index (χ4v) is 2.16. The van der Waals surface area contributed by atoms with Gasteiger partial charge in [0, 0.05) is 22.1 Å². The van der Waals surface area contributed by atoms with E-state index in [1.165, 1.54) is 10.7 Å². The second kappa shape index (κ2) is 7.35. The lowest BCUT2D eigenvalue weighted by molar-refractivity contribution is -0.122. The molecule has 116 valence electrons. The molecule has 0 bridgehead atoms. The Labute approximate surface area is 137 Å². The highest BCUT2D eigenvalue weighted by molar-refractivity contribution is 9.10. The van der Waals surface area contributed by atoms with Gasteiger partial charge >= 0.3 is 0 Å². The largest absolute Gasteiger partial charge is 0.352 e. The zero-order valence-corrected chi connectivity index (χ0v) is 14.1. The maximum absolute atomic E-state index is 11.9. The van der Waals surface area contributed by atoms with E-state index < -0.39 is 0 Å². The molecule has 0 saturated heterocycles. The number of benzene rings is 1. The molecule has 0 aliphatic carbocycles. The molecule has 1 atom stereocenters. The molecule has 0 unspecified atom stereocenters. The highest BCUT2D eigenvalue weighted by Gasteiger charge is 2.09. The van der Waals surface area contributed by atoms with Crippen molar-refractivity contribution in [2.75, 3.05) is 0 Å². The quantitative estimate of drug-likeness (QED) is 0.887. The summed E-state index contributed by atoms with van der Waals surface area (Å²) in [6.07, 6.45) is 0.840. The summed E-state index contributed by atoms with van der Waals surface area (Å²) in [5, 5.41) is 7.10. The molecule has 0 aliphatic heterocycles. The third kappa shape index (κ3) is 4.27. The molecule has 0 fully saturated rings. The lowest BCUT2D eigenvalue weighted by atomic mass is 10.1. The number of carbonyl (C=O) groups excluding carboxylic acids is 1. The average Bonchev–Trinajstić information content (AvgIpc) is 2.50. The van der Waals surface area contributed by atoms with Crippen molar-refractivity contribution in [3.63, 3.8) is 0 Å². The van der Waals surface area contributed by atoms with E-state index in [0.29, 0.717) is 5.69 Å². The Kier molecular flexibility index (Phi) is 5.49. The summed E-state index contributed by atoms with van der Waals surface area (Å²) in [5.74, 6) is -0.211. The molecule has 2 rings (SSSR count). The SMILES string of the molecule is CC[C@@H](C)NC(=O)Cn1nc(-c2ccc(Br)cc2)ccc1=O. The fraction of sp³-hybridized carbons (Fsp3) is 0.312. The summed E-state index contributed by atoms with van der Waals surface area (Å²) < 4.78 is 2.16. The van der Waals surface area contributed by atoms with Crippen LogP contribution in [-0.4, -0.2) is 21.7 Å². The molecule has 6 heteroatoms. The Morgan fingerprint density at radius 3 is 2.59 bits per heavy atom. The number of hydrogen-bond acceptors (Lipinski definition) is 3. The van der Waals surface area contributed by atoms with E-state index in [4.69, 9.17) is 0 Å². The maximum Gasteiger partial charge on any atom is 0.267 e. The Bertz CT molecular complexity index is 710. The summed E-state index contributed by atoms with van der Waals surface area (Å²) in [5.41, 5.74) is 1.25. The summed E-state index contributed by atoms with van der Waals surface area (Å²) in [6, 6.07) is 10.8. The average molecular weight is 364 g/mol. The van der Waals surface area contributed by atoms with Gasteiger partial charge in [-0.1, -0.05) is 35.0 Å². The molecule has 1 N–H and O–H groups in total. The van der Waals surface area contributed by atoms with Gasteiger partial charge < -0.3 is 5.32 Å². The summed E-state index contributed by atoms with van der Waals surface area (Å²) in [7, 11) is 0. The topological polar surface area (TPSA) is 64.0 Å². The number of hydrogen-bond donors (Lipinski definition) is 1. The zero-order valence-electron chi connectivity index (χ0n) is 12.5. The predicted octanol–water partition coefficient (Wildman–Crippen LogP) is 2.59. The molecule has 1 heterocycles. The number of nitrogens with zero attached hydrogens (tertiary/aromatic N) is 2. The highest BCUT2D eigenvalue weighted by atomic mass is 79.9. The summed E-state index contributed by atoms with van der Waals surface area (Å²) in [6.45, 7) is 3.84. The van der Waals surface area contributed by atoms with Crippen LogP contribution in [0.15, 0.2) is 45.7 Å². The second-order valence-corrected chi connectivity index (χ2v) is 6.01. The van der Waals surface area contributed by atoms with Gasteiger partial charge in [0.25, 0.3) is 5.56 Å². The van der Waals surface area contributed by atoms with Crippen LogP contribution in [0.5, 0.6) is 0 Å². The minimum Gasteiger partial charge on any atom is -0.352 e. The van der Waals surface area contributed by atoms with Crippen LogP contribution < -0.4 is 10.9 Å². The first-order valence-corrected chi connectivity index (χ1v) is 7.92. The summed E-state index contributed by atoms with van der Waals surface area (Å²) >= 11 is 3.38. The molecule has 1 aromatic carbocycles. The minimum atomic E-state index is -0.292. The van der Waals surface area contributed by atoms with Crippen LogP contribution in [0, 0.1) is 0 Å². The number of halogens is 1. The van der Waals surface area contributed by atoms with Crippen LogP contribution >= 0.6 is 15.9 Å². The zero-order chi connectivity index (χ0) is 16.1. The number of rotatable bonds is 5. The second-order valence-electron chi connectivity index (χ2n) is 5.10. The van der Waals surface area contributed by atoms with E-state index >= 15 is 0 Å². The van der Waals surface area contributed by atoms with E-state index in [2.05, 4.69) is 26.3 Å². The van der Waals surface area contributed by atoms with Gasteiger partial charge in [-0.2, -0.15) is 5.10 Å². The molecule has 0 aliphatic rings. The molecule has 22 heavy (non-hydrogen) atoms. The maximum atomic E-state index is 11.9. The van der Waals surface area contributed by atoms with Gasteiger partial charge in [0.05, 0.1) is 5.69 Å². The fourth-order valence-electron chi connectivity index (χ4n) is 1.90. The Morgan fingerprint density at radius 2 is 1.95 bits per heavy atom. The van der Waals surface area contributed by atoms with Crippen LogP contribution in [0.3, 0.4) is 0 Å². The van der Waals surface area contributed by atoms with Gasteiger partial charge in [-0.25, -0.2) is 4.68 Å². The van der Waals surface area contributed by atoms with Crippen molar-refractivity contribution in [3.05, 3.63) is 51.2 Å². The van der Waals surface area contributed by atoms with Crippen molar-refractivity contribution >= 4 is 21.8 Å². The molecule has 0 saturated carbocycles. The van der Waals surface area contributed by atoms with Crippen LogP contribution in [0.2, 0.25) is 0 Å². The minimum absolute atomic E-state index is 0.0759. The van der Waals surface area contributed by atoms with Crippen LogP contribution in [0.1, 0.15) is 20.3 Å². The number of carbonyl (C=O) groups is 1. The van der Waals surface area contributed by atoms with E-state index in [1.54, 1.807) is 6.07 Å². The molecule has 0 radical (unpaired) electrons. The van der Waals surface area contributed by atoms with Crippen molar-refractivity contribution in [1.82, 2.24) is 15.1 Å². The molecule has 0 spiro atoms. The standard InChI is InChI=1S/C16H18BrN3O2/c1-3-11(2)18-15(21)10-20-16(22)9-8-14(19-20)12-4-6-13(17)7-5-12/h4-9,11H,3,10H2,1-2H3,(H,18,21)/t11-/m1/s1. The van der Waals surface area contributed by atoms with Crippen molar-refractivity contribution in [1.29, 1.82) is 0 Å². The van der Waals surface area contributed by atoms with Gasteiger partial charge in [0.1, 0.15) is 6.54 Å². The molecular weight excluding hydrogens is 346 g/mol. The van der Waals surface area contributed by atoms with Crippen molar-refractivity contribution < 1.29 is 4.79 Å². The normalized spacial score (nSPS) is 12.0. The van der Waals surface area contributed by atoms with E-state index in [0.717, 1.165) is 16.5 Å². The van der Waals surface area contributed by atoms with E-state index in [1.807, 2.05) is 38.1 Å². The molecule has 2 aromatic rings. The van der Waals surface area contributed by atoms with Gasteiger partial charge in [-0.3, -0.25) is 9.59 Å². The number of aromatic nitrogens is 2. The highest BCUT2D eigenvalue weighted by Crippen LogP contribution is 2.18. The van der Waals surface area contributed by atoms with Crippen molar-refractivity contribution in [2.45, 2.75) is 32.9 Å². The molecular formula is C16H18BrN3O2. The van der Waals surface area contributed by atoms with Crippen LogP contribution in [-0.2, 0) is 11.3 Å². The first-order valence-electron chi connectivity index (χ1n) is 7.13. The number of amides is 1. The smallest absolute Gasteiger partial charge is 0.267 e. The van der Waals surface area contributed by atoms with Crippen LogP contribution in [0.25, 0.3) is 11.3 Å². The third-order valence-corrected chi connectivity index (χ3v) is 3.85. The molecule has 1 aromatic heterocycles. The van der Waals surface area contributed by atoms with Gasteiger partial charge in [-0.05, 0) is 31.5 Å². The molecule has 5 nitrogen and oxygen atoms in total. The molecule has 1 amide bonds. The first kappa shape index (κ1) is 16.4. The van der Waals surface area contributed by atoms with Crippen molar-refractivity contribution in [2.24, 2.45) is 0 Å². The van der Waals surface area contributed by atoms with Crippen LogP contribution in [0.4, 0.5) is 0 Å². The van der Waals surface area contributed by atoms with Gasteiger partial charge in [-0.15, -0.1) is 0 Å². The first-order chi connectivity index (χ1) is 10.5. The van der Waals surface area contributed by atoms with Gasteiger partial charge in [0.2, 0.25) is 5.91 Å². The van der Waals surface area contributed by atoms with Crippen molar-refractivity contribution in [3.8, 4) is 11.3 Å². The number of nitrogens with one attached hydrogen (secondary N) is 1. The Hall–Kier alpha value is -1.95. The summed E-state index contributed by atoms with van der Waals surface area (Å²) in [4.78, 5) is 23.8. The third-order valence-electron chi connectivity index (χ3n) is 3.32. The van der Waals surface area contributed by atoms with Gasteiger partial charge in [0.15, 0.2) is 0 Å². The monoisotopic (exact) mass is 363 g/mol. The van der Waals surface area contributed by atoms with E-state index in [-0.39, 0.29) is 24.1 Å². The lowest BCUT2D eigenvalue weighted by Gasteiger charge is -2.12. The van der Waals surface area contributed by atoms with E-state index in [9.17, 15) is 9.59 Å².